The molecule has 0 aromatic heterocycles. The Hall–Kier alpha value is -3.39. The van der Waals surface area contributed by atoms with Gasteiger partial charge in [-0.25, -0.2) is 14.7 Å². The SMILES string of the molecule is CC(=O)O.CC(C)=O.CCN/C(OC(C)=O)=[N+]1/CCC1N(C)C.CCNC(=O)N1CCC1N(C)C.CCN[C+]=NCCCN(C)C. The number of rotatable bonds is 10. The van der Waals surface area contributed by atoms with E-state index in [2.05, 4.69) is 60.7 Å². The predicted octanol–water partition coefficient (Wildman–Crippen LogP) is 1.27. The minimum absolute atomic E-state index is 0.0578. The normalized spacial score (nSPS) is 17.1. The molecule has 2 aliphatic rings. The number of amides is 2. The minimum Gasteiger partial charge on any atom is -0.481 e. The standard InChI is InChI=1S/C10H19N3O2.C8H17N3O.C8H18N3.C3H6O.C2H4O2/c1-5-11-10(15-8(2)14)13-7-6-9(13)12(3)4;1-4-9-8(12)11-6-5-7(11)10(2)3;1-4-9-8-10-6-5-7-11(2)3;1-3(2)4;1-2(3)4/h9H,5-7H2,1-4H3;7H,4-6H2,1-3H3,(H,9,12);4-7H2,1-3H3,(H,9,10);1-2H3;1H3,(H,3,4)/q;;+1;;/p+1. The summed E-state index contributed by atoms with van der Waals surface area (Å²) in [5.74, 6) is -0.949. The first-order valence-corrected chi connectivity index (χ1v) is 15.8. The highest BCUT2D eigenvalue weighted by Gasteiger charge is 2.35. The number of carboxylic acids is 1. The van der Waals surface area contributed by atoms with Gasteiger partial charge < -0.3 is 29.8 Å². The molecule has 2 rings (SSSR count). The molecule has 2 heterocycles. The van der Waals surface area contributed by atoms with E-state index in [1.54, 1.807) is 0 Å². The number of ether oxygens (including phenoxy) is 1. The molecule has 15 nitrogen and oxygen atoms in total. The second-order valence-electron chi connectivity index (χ2n) is 11.2. The molecule has 4 N–H and O–H groups in total. The zero-order valence-corrected chi connectivity index (χ0v) is 30.9. The topological polar surface area (TPSA) is 162 Å². The molecule has 0 saturated carbocycles. The summed E-state index contributed by atoms with van der Waals surface area (Å²) in [6.07, 6.45) is 6.69. The molecule has 2 atom stereocenters. The summed E-state index contributed by atoms with van der Waals surface area (Å²) in [6, 6.07) is 0.636. The van der Waals surface area contributed by atoms with Crippen LogP contribution in [0.5, 0.6) is 0 Å². The van der Waals surface area contributed by atoms with Crippen LogP contribution in [0.4, 0.5) is 4.79 Å². The lowest BCUT2D eigenvalue weighted by Gasteiger charge is -2.44. The van der Waals surface area contributed by atoms with Crippen molar-refractivity contribution in [2.75, 3.05) is 88.1 Å². The Kier molecular flexibility index (Phi) is 29.7. The van der Waals surface area contributed by atoms with Gasteiger partial charge in [-0.2, -0.15) is 5.32 Å². The van der Waals surface area contributed by atoms with Crippen LogP contribution in [-0.2, 0) is 19.1 Å². The Morgan fingerprint density at radius 3 is 1.78 bits per heavy atom. The van der Waals surface area contributed by atoms with Gasteiger partial charge in [-0.3, -0.25) is 19.4 Å². The largest absolute Gasteiger partial charge is 0.514 e. The fourth-order valence-electron chi connectivity index (χ4n) is 3.69. The highest BCUT2D eigenvalue weighted by atomic mass is 16.6. The molecule has 2 fully saturated rings. The third-order valence-electron chi connectivity index (χ3n) is 5.80. The maximum absolute atomic E-state index is 11.3. The van der Waals surface area contributed by atoms with E-state index in [4.69, 9.17) is 14.6 Å². The van der Waals surface area contributed by atoms with E-state index in [0.29, 0.717) is 24.9 Å². The van der Waals surface area contributed by atoms with Crippen LogP contribution in [0.1, 0.15) is 67.7 Å². The molecule has 2 saturated heterocycles. The lowest BCUT2D eigenvalue weighted by Crippen LogP contribution is -2.60. The summed E-state index contributed by atoms with van der Waals surface area (Å²) in [6.45, 7) is 17.6. The molecule has 0 radical (unpaired) electrons. The van der Waals surface area contributed by atoms with Crippen molar-refractivity contribution in [3.8, 4) is 0 Å². The second-order valence-corrected chi connectivity index (χ2v) is 11.2. The summed E-state index contributed by atoms with van der Waals surface area (Å²) in [5.41, 5.74) is 0. The third-order valence-corrected chi connectivity index (χ3v) is 5.80. The molecule has 2 amide bonds. The Morgan fingerprint density at radius 1 is 0.913 bits per heavy atom. The lowest BCUT2D eigenvalue weighted by atomic mass is 10.1. The van der Waals surface area contributed by atoms with Crippen molar-refractivity contribution in [3.05, 3.63) is 0 Å². The fraction of sp³-hybridized carbons (Fsp3) is 0.806. The maximum atomic E-state index is 11.3. The first kappa shape index (κ1) is 47.0. The van der Waals surface area contributed by atoms with Gasteiger partial charge in [-0.05, 0) is 101 Å². The second kappa shape index (κ2) is 29.0. The number of nitrogens with zero attached hydrogens (tertiary/aromatic N) is 6. The van der Waals surface area contributed by atoms with E-state index in [0.717, 1.165) is 65.5 Å². The Bertz CT molecular complexity index is 891. The van der Waals surface area contributed by atoms with Gasteiger partial charge in [0.2, 0.25) is 0 Å². The number of hydrogen-bond donors (Lipinski definition) is 4. The fourth-order valence-corrected chi connectivity index (χ4v) is 3.69. The summed E-state index contributed by atoms with van der Waals surface area (Å²) in [4.78, 5) is 52.9. The molecule has 0 bridgehead atoms. The van der Waals surface area contributed by atoms with Crippen molar-refractivity contribution in [1.82, 2.24) is 35.6 Å². The van der Waals surface area contributed by atoms with E-state index in [9.17, 15) is 14.4 Å². The molecule has 268 valence electrons. The Balaban J connectivity index is -0.000000544. The number of ketones is 1. The number of carboxylic acid groups (broad SMARTS) is 1. The van der Waals surface area contributed by atoms with E-state index < -0.39 is 5.97 Å². The van der Waals surface area contributed by atoms with Crippen molar-refractivity contribution in [1.29, 1.82) is 0 Å². The molecule has 15 heteroatoms. The molecule has 0 aromatic rings. The van der Waals surface area contributed by atoms with Gasteiger partial charge in [-0.1, -0.05) is 0 Å². The zero-order valence-electron chi connectivity index (χ0n) is 30.9. The molecule has 0 aromatic carbocycles. The number of esters is 1. The number of carbonyl (C=O) groups excluding carboxylic acids is 3. The highest BCUT2D eigenvalue weighted by Crippen LogP contribution is 2.18. The van der Waals surface area contributed by atoms with Gasteiger partial charge in [0, 0.05) is 33.4 Å². The molecule has 0 spiro atoms. The van der Waals surface area contributed by atoms with E-state index >= 15 is 0 Å². The van der Waals surface area contributed by atoms with Crippen molar-refractivity contribution in [2.24, 2.45) is 4.99 Å². The summed E-state index contributed by atoms with van der Waals surface area (Å²) in [7, 11) is 12.2. The van der Waals surface area contributed by atoms with Gasteiger partial charge in [0.25, 0.3) is 5.97 Å². The van der Waals surface area contributed by atoms with Crippen LogP contribution in [-0.4, -0.2) is 166 Å². The first-order chi connectivity index (χ1) is 21.5. The number of hydrogen-bond acceptors (Lipinski definition) is 9. The van der Waals surface area contributed by atoms with Gasteiger partial charge in [0.15, 0.2) is 6.17 Å². The van der Waals surface area contributed by atoms with Crippen LogP contribution in [0.3, 0.4) is 0 Å². The zero-order chi connectivity index (χ0) is 36.2. The number of aliphatic carboxylic acids is 1. The number of nitrogens with one attached hydrogen (secondary N) is 3. The minimum atomic E-state index is -0.833. The first-order valence-electron chi connectivity index (χ1n) is 15.8. The average molecular weight is 660 g/mol. The molecular formula is C31H65N9O6+2. The molecule has 2 aliphatic heterocycles. The number of carbonyl (C=O) groups is 4. The Morgan fingerprint density at radius 2 is 1.46 bits per heavy atom. The van der Waals surface area contributed by atoms with Gasteiger partial charge in [0.05, 0.1) is 32.3 Å². The van der Waals surface area contributed by atoms with Crippen LogP contribution in [0.2, 0.25) is 0 Å². The van der Waals surface area contributed by atoms with Gasteiger partial charge >= 0.3 is 24.4 Å². The van der Waals surface area contributed by atoms with Gasteiger partial charge in [0.1, 0.15) is 5.78 Å². The van der Waals surface area contributed by atoms with Crippen molar-refractivity contribution >= 4 is 36.1 Å². The van der Waals surface area contributed by atoms with E-state index in [-0.39, 0.29) is 17.8 Å². The third kappa shape index (κ3) is 27.0. The van der Waals surface area contributed by atoms with E-state index in [1.165, 1.54) is 20.8 Å². The van der Waals surface area contributed by atoms with E-state index in [1.807, 2.05) is 53.9 Å². The molecule has 2 unspecified atom stereocenters. The van der Waals surface area contributed by atoms with Crippen molar-refractivity contribution in [2.45, 2.75) is 80.1 Å². The van der Waals surface area contributed by atoms with Crippen LogP contribution >= 0.6 is 0 Å². The Labute approximate surface area is 278 Å². The number of urea groups is 1. The van der Waals surface area contributed by atoms with Crippen molar-refractivity contribution < 1.29 is 33.6 Å². The summed E-state index contributed by atoms with van der Waals surface area (Å²) < 4.78 is 7.20. The number of Topliss-reactive ketones (excluding diaryl/α,β-unsaturated/α-hetero) is 1. The average Bonchev–Trinajstić information content (AvgIpc) is 2.84. The lowest BCUT2D eigenvalue weighted by molar-refractivity contribution is -0.654. The highest BCUT2D eigenvalue weighted by molar-refractivity contribution is 5.83. The summed E-state index contributed by atoms with van der Waals surface area (Å²) >= 11 is 0. The van der Waals surface area contributed by atoms with Crippen molar-refractivity contribution in [3.63, 3.8) is 0 Å². The predicted molar refractivity (Wildman–Crippen MR) is 184 cm³/mol. The van der Waals surface area contributed by atoms with Crippen LogP contribution in [0, 0.1) is 0 Å². The smallest absolute Gasteiger partial charge is 0.481 e. The quantitative estimate of drug-likeness (QED) is 0.0508. The number of likely N-dealkylation sites (tertiary alicyclic amines) is 1. The maximum Gasteiger partial charge on any atom is 0.514 e. The number of aliphatic imine (C=N–C) groups is 1. The monoisotopic (exact) mass is 660 g/mol. The number of amidine groups is 1. The van der Waals surface area contributed by atoms with Crippen LogP contribution in [0.15, 0.2) is 4.99 Å². The molecule has 0 aliphatic carbocycles. The molecular weight excluding hydrogens is 594 g/mol. The molecule has 46 heavy (non-hydrogen) atoms. The summed E-state index contributed by atoms with van der Waals surface area (Å²) in [5, 5.41) is 16.2. The van der Waals surface area contributed by atoms with Gasteiger partial charge in [-0.15, -0.1) is 0 Å². The van der Waals surface area contributed by atoms with Crippen LogP contribution < -0.4 is 16.0 Å². The van der Waals surface area contributed by atoms with Crippen LogP contribution in [0.25, 0.3) is 0 Å².